The van der Waals surface area contributed by atoms with E-state index >= 15 is 0 Å². The monoisotopic (exact) mass is 211 g/mol. The lowest BCUT2D eigenvalue weighted by Crippen LogP contribution is -1.89. The number of nitrogens with zero attached hydrogens (tertiary/aromatic N) is 1. The largest absolute Gasteiger partial charge is 0.318 e. The summed E-state index contributed by atoms with van der Waals surface area (Å²) in [5.41, 5.74) is 3.36. The van der Waals surface area contributed by atoms with Crippen LogP contribution in [0, 0.1) is 6.92 Å². The van der Waals surface area contributed by atoms with E-state index in [9.17, 15) is 0 Å². The fourth-order valence-electron chi connectivity index (χ4n) is 1.55. The molecule has 3 heteroatoms. The molecule has 0 fully saturated rings. The van der Waals surface area contributed by atoms with Gasteiger partial charge in [-0.2, -0.15) is 12.6 Å². The highest BCUT2D eigenvalue weighted by atomic mass is 35.5. The summed E-state index contributed by atoms with van der Waals surface area (Å²) in [6.45, 7) is 2.03. The standard InChI is InChI=1S/C10H10ClNS/c1-7-9(6-13)12-5-3-2-4-8(12)10(7)11/h2-5,13H,6H2,1H3. The first-order chi connectivity index (χ1) is 6.25. The molecule has 0 aliphatic heterocycles. The van der Waals surface area contributed by atoms with Gasteiger partial charge < -0.3 is 4.40 Å². The zero-order valence-corrected chi connectivity index (χ0v) is 8.94. The van der Waals surface area contributed by atoms with Crippen molar-refractivity contribution in [1.82, 2.24) is 4.40 Å². The smallest absolute Gasteiger partial charge is 0.0693 e. The average Bonchev–Trinajstić information content (AvgIpc) is 2.41. The van der Waals surface area contributed by atoms with E-state index in [4.69, 9.17) is 11.6 Å². The Morgan fingerprint density at radius 1 is 1.46 bits per heavy atom. The molecule has 0 N–H and O–H groups in total. The molecule has 68 valence electrons. The van der Waals surface area contributed by atoms with Gasteiger partial charge in [-0.05, 0) is 24.6 Å². The fourth-order valence-corrected chi connectivity index (χ4v) is 2.20. The van der Waals surface area contributed by atoms with Crippen LogP contribution in [0.1, 0.15) is 11.3 Å². The van der Waals surface area contributed by atoms with Crippen molar-refractivity contribution in [3.8, 4) is 0 Å². The summed E-state index contributed by atoms with van der Waals surface area (Å²) in [7, 11) is 0. The first-order valence-corrected chi connectivity index (χ1v) is 5.11. The number of aromatic nitrogens is 1. The molecule has 0 saturated heterocycles. The Bertz CT molecular complexity index is 447. The highest BCUT2D eigenvalue weighted by Gasteiger charge is 2.10. The number of hydrogen-bond donors (Lipinski definition) is 1. The second-order valence-electron chi connectivity index (χ2n) is 3.00. The Morgan fingerprint density at radius 3 is 2.92 bits per heavy atom. The van der Waals surface area contributed by atoms with Gasteiger partial charge in [-0.1, -0.05) is 17.7 Å². The Hall–Kier alpha value is -0.600. The van der Waals surface area contributed by atoms with Crippen LogP contribution in [0.4, 0.5) is 0 Å². The van der Waals surface area contributed by atoms with Crippen molar-refractivity contribution in [2.24, 2.45) is 0 Å². The quantitative estimate of drug-likeness (QED) is 0.691. The van der Waals surface area contributed by atoms with E-state index in [0.717, 1.165) is 16.1 Å². The zero-order valence-electron chi connectivity index (χ0n) is 7.29. The van der Waals surface area contributed by atoms with Crippen molar-refractivity contribution in [3.63, 3.8) is 0 Å². The van der Waals surface area contributed by atoms with Crippen LogP contribution in [0.15, 0.2) is 24.4 Å². The molecule has 0 aromatic carbocycles. The number of hydrogen-bond acceptors (Lipinski definition) is 1. The van der Waals surface area contributed by atoms with Crippen LogP contribution < -0.4 is 0 Å². The number of halogens is 1. The van der Waals surface area contributed by atoms with E-state index in [2.05, 4.69) is 17.0 Å². The van der Waals surface area contributed by atoms with E-state index in [1.807, 2.05) is 31.3 Å². The van der Waals surface area contributed by atoms with Crippen molar-refractivity contribution in [2.75, 3.05) is 0 Å². The van der Waals surface area contributed by atoms with Crippen molar-refractivity contribution in [1.29, 1.82) is 0 Å². The second kappa shape index (κ2) is 3.28. The normalized spacial score (nSPS) is 11.0. The van der Waals surface area contributed by atoms with Gasteiger partial charge in [-0.25, -0.2) is 0 Å². The number of pyridine rings is 1. The van der Waals surface area contributed by atoms with Gasteiger partial charge in [0.15, 0.2) is 0 Å². The molecule has 0 aliphatic rings. The van der Waals surface area contributed by atoms with Crippen LogP contribution in [0.25, 0.3) is 5.52 Å². The third-order valence-electron chi connectivity index (χ3n) is 2.29. The van der Waals surface area contributed by atoms with Gasteiger partial charge in [-0.3, -0.25) is 0 Å². The van der Waals surface area contributed by atoms with Crippen molar-refractivity contribution in [2.45, 2.75) is 12.7 Å². The minimum Gasteiger partial charge on any atom is -0.318 e. The van der Waals surface area contributed by atoms with Crippen LogP contribution in [-0.4, -0.2) is 4.40 Å². The average molecular weight is 212 g/mol. The fraction of sp³-hybridized carbons (Fsp3) is 0.200. The maximum atomic E-state index is 6.17. The molecule has 0 aliphatic carbocycles. The minimum absolute atomic E-state index is 0.712. The molecule has 0 atom stereocenters. The SMILES string of the molecule is Cc1c(Cl)c2ccccn2c1CS. The summed E-state index contributed by atoms with van der Waals surface area (Å²) in [6.07, 6.45) is 2.01. The molecule has 2 heterocycles. The highest BCUT2D eigenvalue weighted by molar-refractivity contribution is 7.79. The molecule has 0 spiro atoms. The predicted molar refractivity (Wildman–Crippen MR) is 59.8 cm³/mol. The van der Waals surface area contributed by atoms with Gasteiger partial charge in [-0.15, -0.1) is 0 Å². The van der Waals surface area contributed by atoms with Crippen molar-refractivity contribution in [3.05, 3.63) is 40.7 Å². The van der Waals surface area contributed by atoms with Crippen LogP contribution >= 0.6 is 24.2 Å². The highest BCUT2D eigenvalue weighted by Crippen LogP contribution is 2.28. The molecule has 2 aromatic heterocycles. The Morgan fingerprint density at radius 2 is 2.23 bits per heavy atom. The van der Waals surface area contributed by atoms with Crippen molar-refractivity contribution < 1.29 is 0 Å². The summed E-state index contributed by atoms with van der Waals surface area (Å²) >= 11 is 10.5. The van der Waals surface area contributed by atoms with Crippen LogP contribution in [0.2, 0.25) is 5.02 Å². The molecule has 2 rings (SSSR count). The van der Waals surface area contributed by atoms with Gasteiger partial charge in [0.05, 0.1) is 10.5 Å². The van der Waals surface area contributed by atoms with E-state index in [1.165, 1.54) is 5.69 Å². The Kier molecular flexibility index (Phi) is 2.26. The van der Waals surface area contributed by atoms with E-state index in [0.29, 0.717) is 5.75 Å². The van der Waals surface area contributed by atoms with Crippen molar-refractivity contribution >= 4 is 29.7 Å². The summed E-state index contributed by atoms with van der Waals surface area (Å²) in [5.74, 6) is 0.712. The van der Waals surface area contributed by atoms with Gasteiger partial charge in [0.1, 0.15) is 0 Å². The van der Waals surface area contributed by atoms with Gasteiger partial charge in [0, 0.05) is 17.6 Å². The van der Waals surface area contributed by atoms with E-state index in [1.54, 1.807) is 0 Å². The maximum absolute atomic E-state index is 6.17. The lowest BCUT2D eigenvalue weighted by Gasteiger charge is -1.98. The summed E-state index contributed by atoms with van der Waals surface area (Å²) in [4.78, 5) is 0. The maximum Gasteiger partial charge on any atom is 0.0693 e. The molecule has 2 aromatic rings. The molecule has 0 saturated carbocycles. The number of thiol groups is 1. The Labute approximate surface area is 87.7 Å². The van der Waals surface area contributed by atoms with Crippen LogP contribution in [0.5, 0.6) is 0 Å². The zero-order chi connectivity index (χ0) is 9.42. The molecular weight excluding hydrogens is 202 g/mol. The van der Waals surface area contributed by atoms with Gasteiger partial charge in [0.2, 0.25) is 0 Å². The predicted octanol–water partition coefficient (Wildman–Crippen LogP) is 3.33. The van der Waals surface area contributed by atoms with E-state index < -0.39 is 0 Å². The topological polar surface area (TPSA) is 4.41 Å². The summed E-state index contributed by atoms with van der Waals surface area (Å²) < 4.78 is 2.09. The Balaban J connectivity index is 2.90. The molecule has 0 unspecified atom stereocenters. The summed E-state index contributed by atoms with van der Waals surface area (Å²) in [6, 6.07) is 6.00. The van der Waals surface area contributed by atoms with Crippen LogP contribution in [-0.2, 0) is 5.75 Å². The molecule has 13 heavy (non-hydrogen) atoms. The number of rotatable bonds is 1. The molecule has 0 radical (unpaired) electrons. The first kappa shape index (κ1) is 8.97. The third-order valence-corrected chi connectivity index (χ3v) is 3.06. The van der Waals surface area contributed by atoms with Gasteiger partial charge in [0.25, 0.3) is 0 Å². The molecule has 0 bridgehead atoms. The minimum atomic E-state index is 0.712. The molecular formula is C10H10ClNS. The van der Waals surface area contributed by atoms with Crippen LogP contribution in [0.3, 0.4) is 0 Å². The first-order valence-electron chi connectivity index (χ1n) is 4.10. The lowest BCUT2D eigenvalue weighted by molar-refractivity contribution is 1.08. The third kappa shape index (κ3) is 1.25. The second-order valence-corrected chi connectivity index (χ2v) is 3.69. The van der Waals surface area contributed by atoms with Gasteiger partial charge >= 0.3 is 0 Å². The van der Waals surface area contributed by atoms with E-state index in [-0.39, 0.29) is 0 Å². The number of fused-ring (bicyclic) bond motifs is 1. The molecule has 0 amide bonds. The lowest BCUT2D eigenvalue weighted by atomic mass is 10.3. The summed E-state index contributed by atoms with van der Waals surface area (Å²) in [5, 5.41) is 0.838. The molecule has 1 nitrogen and oxygen atoms in total.